The number of anilines is 1. The van der Waals surface area contributed by atoms with Gasteiger partial charge in [-0.15, -0.1) is 0 Å². The lowest BCUT2D eigenvalue weighted by Gasteiger charge is -2.19. The fourth-order valence-electron chi connectivity index (χ4n) is 1.17. The van der Waals surface area contributed by atoms with E-state index in [0.717, 1.165) is 0 Å². The number of benzene rings is 1. The molecule has 0 atom stereocenters. The van der Waals surface area contributed by atoms with Crippen molar-refractivity contribution < 1.29 is 8.42 Å². The lowest BCUT2D eigenvalue weighted by molar-refractivity contribution is 0.592. The van der Waals surface area contributed by atoms with E-state index in [1.165, 1.54) is 4.31 Å². The van der Waals surface area contributed by atoms with Crippen molar-refractivity contribution in [3.8, 4) is 0 Å². The van der Waals surface area contributed by atoms with Crippen molar-refractivity contribution >= 4 is 15.7 Å². The van der Waals surface area contributed by atoms with Gasteiger partial charge in [0.05, 0.1) is 11.4 Å². The van der Waals surface area contributed by atoms with Crippen LogP contribution in [0.25, 0.3) is 0 Å². The second-order valence-electron chi connectivity index (χ2n) is 3.22. The molecule has 0 amide bonds. The Hall–Kier alpha value is -1.07. The molecule has 0 saturated carbocycles. The molecule has 4 nitrogen and oxygen atoms in total. The summed E-state index contributed by atoms with van der Waals surface area (Å²) in [6, 6.07) is 9.05. The van der Waals surface area contributed by atoms with E-state index in [4.69, 9.17) is 0 Å². The molecule has 0 fully saturated rings. The van der Waals surface area contributed by atoms with E-state index in [0.29, 0.717) is 12.2 Å². The molecular formula is C10H16N2O2S. The molecule has 0 radical (unpaired) electrons. The highest BCUT2D eigenvalue weighted by molar-refractivity contribution is 7.92. The van der Waals surface area contributed by atoms with E-state index in [1.54, 1.807) is 26.2 Å². The molecule has 1 rings (SSSR count). The molecule has 0 aromatic heterocycles. The zero-order chi connectivity index (χ0) is 11.3. The molecule has 84 valence electrons. The normalized spacial score (nSPS) is 11.3. The molecule has 1 aromatic carbocycles. The average molecular weight is 228 g/mol. The molecular weight excluding hydrogens is 212 g/mol. The number of hydrogen-bond donors (Lipinski definition) is 1. The highest BCUT2D eigenvalue weighted by atomic mass is 32.2. The monoisotopic (exact) mass is 228 g/mol. The number of nitrogens with zero attached hydrogens (tertiary/aromatic N) is 1. The molecule has 0 aliphatic carbocycles. The maximum Gasteiger partial charge on any atom is 0.236 e. The first-order valence-corrected chi connectivity index (χ1v) is 6.35. The molecule has 1 aromatic rings. The predicted molar refractivity (Wildman–Crippen MR) is 62.6 cm³/mol. The molecule has 0 aliphatic rings. The van der Waals surface area contributed by atoms with Gasteiger partial charge in [0.25, 0.3) is 0 Å². The van der Waals surface area contributed by atoms with Gasteiger partial charge in [-0.1, -0.05) is 18.2 Å². The van der Waals surface area contributed by atoms with Crippen LogP contribution in [0, 0.1) is 0 Å². The Bertz CT molecular complexity index is 389. The van der Waals surface area contributed by atoms with Crippen LogP contribution >= 0.6 is 0 Å². The van der Waals surface area contributed by atoms with Crippen molar-refractivity contribution in [1.82, 2.24) is 5.32 Å². The number of para-hydroxylation sites is 1. The first-order chi connectivity index (χ1) is 7.08. The summed E-state index contributed by atoms with van der Waals surface area (Å²) < 4.78 is 24.9. The summed E-state index contributed by atoms with van der Waals surface area (Å²) in [5, 5.41) is 2.82. The summed E-state index contributed by atoms with van der Waals surface area (Å²) >= 11 is 0. The first-order valence-electron chi connectivity index (χ1n) is 4.74. The van der Waals surface area contributed by atoms with Crippen LogP contribution in [-0.4, -0.2) is 34.8 Å². The third-order valence-electron chi connectivity index (χ3n) is 2.15. The molecule has 0 heterocycles. The van der Waals surface area contributed by atoms with Crippen LogP contribution in [0.5, 0.6) is 0 Å². The average Bonchev–Trinajstić information content (AvgIpc) is 2.26. The smallest absolute Gasteiger partial charge is 0.236 e. The first kappa shape index (κ1) is 12.0. The predicted octanol–water partition coefficient (Wildman–Crippen LogP) is 0.672. The quantitative estimate of drug-likeness (QED) is 0.806. The molecule has 0 spiro atoms. The topological polar surface area (TPSA) is 49.4 Å². The number of hydrogen-bond acceptors (Lipinski definition) is 3. The van der Waals surface area contributed by atoms with Gasteiger partial charge < -0.3 is 5.32 Å². The van der Waals surface area contributed by atoms with Crippen LogP contribution in [0.15, 0.2) is 30.3 Å². The van der Waals surface area contributed by atoms with E-state index in [-0.39, 0.29) is 5.75 Å². The van der Waals surface area contributed by atoms with Crippen LogP contribution in [-0.2, 0) is 10.0 Å². The highest BCUT2D eigenvalue weighted by Crippen LogP contribution is 2.14. The highest BCUT2D eigenvalue weighted by Gasteiger charge is 2.16. The van der Waals surface area contributed by atoms with Crippen molar-refractivity contribution in [3.63, 3.8) is 0 Å². The van der Waals surface area contributed by atoms with E-state index in [9.17, 15) is 8.42 Å². The van der Waals surface area contributed by atoms with Gasteiger partial charge in [-0.25, -0.2) is 8.42 Å². The molecule has 1 N–H and O–H groups in total. The van der Waals surface area contributed by atoms with Crippen molar-refractivity contribution in [2.45, 2.75) is 0 Å². The van der Waals surface area contributed by atoms with Gasteiger partial charge in [0, 0.05) is 13.6 Å². The Morgan fingerprint density at radius 1 is 1.27 bits per heavy atom. The fourth-order valence-corrected chi connectivity index (χ4v) is 2.35. The van der Waals surface area contributed by atoms with Gasteiger partial charge in [0.15, 0.2) is 0 Å². The zero-order valence-electron chi connectivity index (χ0n) is 8.97. The number of nitrogens with one attached hydrogen (secondary N) is 1. The van der Waals surface area contributed by atoms with Gasteiger partial charge in [0.1, 0.15) is 0 Å². The van der Waals surface area contributed by atoms with E-state index in [2.05, 4.69) is 5.32 Å². The standard InChI is InChI=1S/C10H16N2O2S/c1-11-8-9-15(13,14)12(2)10-6-4-3-5-7-10/h3-7,11H,8-9H2,1-2H3. The Morgan fingerprint density at radius 2 is 1.87 bits per heavy atom. The second-order valence-corrected chi connectivity index (χ2v) is 5.34. The number of rotatable bonds is 5. The third-order valence-corrected chi connectivity index (χ3v) is 3.91. The Morgan fingerprint density at radius 3 is 2.40 bits per heavy atom. The molecule has 0 aliphatic heterocycles. The van der Waals surface area contributed by atoms with Gasteiger partial charge in [-0.05, 0) is 19.2 Å². The summed E-state index contributed by atoms with van der Waals surface area (Å²) in [5.74, 6) is 0.106. The van der Waals surface area contributed by atoms with E-state index >= 15 is 0 Å². The molecule has 0 bridgehead atoms. The van der Waals surface area contributed by atoms with E-state index in [1.807, 2.05) is 18.2 Å². The zero-order valence-corrected chi connectivity index (χ0v) is 9.79. The fraction of sp³-hybridized carbons (Fsp3) is 0.400. The molecule has 0 unspecified atom stereocenters. The lowest BCUT2D eigenvalue weighted by Crippen LogP contribution is -2.32. The summed E-state index contributed by atoms with van der Waals surface area (Å²) in [6.07, 6.45) is 0. The van der Waals surface area contributed by atoms with Crippen molar-refractivity contribution in [2.75, 3.05) is 30.7 Å². The maximum atomic E-state index is 11.8. The van der Waals surface area contributed by atoms with Crippen LogP contribution < -0.4 is 9.62 Å². The second kappa shape index (κ2) is 5.14. The minimum Gasteiger partial charge on any atom is -0.319 e. The summed E-state index contributed by atoms with van der Waals surface area (Å²) in [7, 11) is 0.0993. The van der Waals surface area contributed by atoms with Crippen LogP contribution in [0.2, 0.25) is 0 Å². The van der Waals surface area contributed by atoms with Gasteiger partial charge >= 0.3 is 0 Å². The van der Waals surface area contributed by atoms with Gasteiger partial charge in [-0.2, -0.15) is 0 Å². The molecule has 15 heavy (non-hydrogen) atoms. The van der Waals surface area contributed by atoms with Crippen LogP contribution in [0.4, 0.5) is 5.69 Å². The van der Waals surface area contributed by atoms with Crippen molar-refractivity contribution in [1.29, 1.82) is 0 Å². The third kappa shape index (κ3) is 3.21. The summed E-state index contributed by atoms with van der Waals surface area (Å²) in [4.78, 5) is 0. The Kier molecular flexibility index (Phi) is 4.11. The maximum absolute atomic E-state index is 11.8. The summed E-state index contributed by atoms with van der Waals surface area (Å²) in [5.41, 5.74) is 0.689. The van der Waals surface area contributed by atoms with Gasteiger partial charge in [-0.3, -0.25) is 4.31 Å². The SMILES string of the molecule is CNCCS(=O)(=O)N(C)c1ccccc1. The van der Waals surface area contributed by atoms with Crippen LogP contribution in [0.1, 0.15) is 0 Å². The largest absolute Gasteiger partial charge is 0.319 e. The van der Waals surface area contributed by atoms with Crippen LogP contribution in [0.3, 0.4) is 0 Å². The minimum atomic E-state index is -3.20. The van der Waals surface area contributed by atoms with Crippen molar-refractivity contribution in [2.24, 2.45) is 0 Å². The Balaban J connectivity index is 2.80. The van der Waals surface area contributed by atoms with Crippen molar-refractivity contribution in [3.05, 3.63) is 30.3 Å². The number of sulfonamides is 1. The van der Waals surface area contributed by atoms with E-state index < -0.39 is 10.0 Å². The lowest BCUT2D eigenvalue weighted by atomic mass is 10.3. The Labute approximate surface area is 91.0 Å². The van der Waals surface area contributed by atoms with Gasteiger partial charge in [0.2, 0.25) is 10.0 Å². The molecule has 0 saturated heterocycles. The summed E-state index contributed by atoms with van der Waals surface area (Å²) in [6.45, 7) is 0.458. The minimum absolute atomic E-state index is 0.106. The molecule has 5 heteroatoms.